The average molecular weight is 374 g/mol. The number of carbonyl (C=O) groups excluding carboxylic acids is 1. The maximum atomic E-state index is 13.0. The molecule has 2 aromatic carbocycles. The predicted molar refractivity (Wildman–Crippen MR) is 111 cm³/mol. The van der Waals surface area contributed by atoms with Crippen LogP contribution < -0.4 is 0 Å². The highest BCUT2D eigenvalue weighted by Crippen LogP contribution is 2.26. The van der Waals surface area contributed by atoms with E-state index in [1.807, 2.05) is 35.2 Å². The molecule has 1 atom stereocenters. The summed E-state index contributed by atoms with van der Waals surface area (Å²) in [6, 6.07) is 19.1. The second-order valence-electron chi connectivity index (χ2n) is 8.00. The molecule has 144 valence electrons. The lowest BCUT2D eigenvalue weighted by Crippen LogP contribution is -2.42. The van der Waals surface area contributed by atoms with Crippen LogP contribution >= 0.6 is 0 Å². The Morgan fingerprint density at radius 2 is 1.75 bits per heavy atom. The first kappa shape index (κ1) is 17.5. The minimum Gasteiger partial charge on any atom is -0.451 e. The maximum Gasteiger partial charge on any atom is 0.289 e. The molecule has 0 spiro atoms. The molecule has 1 aliphatic carbocycles. The zero-order valence-electron chi connectivity index (χ0n) is 16.1. The van der Waals surface area contributed by atoms with Crippen molar-refractivity contribution < 1.29 is 9.21 Å². The Bertz CT molecular complexity index is 960. The number of furan rings is 1. The number of amides is 1. The van der Waals surface area contributed by atoms with Gasteiger partial charge in [0.15, 0.2) is 5.76 Å². The number of fused-ring (bicyclic) bond motifs is 2. The number of benzene rings is 2. The lowest BCUT2D eigenvalue weighted by Gasteiger charge is -2.34. The van der Waals surface area contributed by atoms with Gasteiger partial charge in [-0.25, -0.2) is 0 Å². The molecule has 0 saturated carbocycles. The molecule has 3 aromatic rings. The van der Waals surface area contributed by atoms with Gasteiger partial charge in [-0.1, -0.05) is 42.5 Å². The molecule has 1 unspecified atom stereocenters. The summed E-state index contributed by atoms with van der Waals surface area (Å²) in [4.78, 5) is 17.5. The van der Waals surface area contributed by atoms with Crippen LogP contribution in [0.25, 0.3) is 11.0 Å². The number of para-hydroxylation sites is 1. The monoisotopic (exact) mass is 374 g/mol. The molecule has 4 heteroatoms. The number of nitrogens with zero attached hydrogens (tertiary/aromatic N) is 2. The molecule has 1 amide bonds. The molecule has 4 nitrogen and oxygen atoms in total. The lowest BCUT2D eigenvalue weighted by molar-refractivity contribution is 0.0727. The summed E-state index contributed by atoms with van der Waals surface area (Å²) in [6.45, 7) is 3.58. The third-order valence-corrected chi connectivity index (χ3v) is 6.29. The largest absolute Gasteiger partial charge is 0.451 e. The van der Waals surface area contributed by atoms with Crippen LogP contribution in [0.3, 0.4) is 0 Å². The van der Waals surface area contributed by atoms with Crippen molar-refractivity contribution in [3.63, 3.8) is 0 Å². The van der Waals surface area contributed by atoms with Crippen LogP contribution in [0.15, 0.2) is 59.0 Å². The third kappa shape index (κ3) is 3.33. The van der Waals surface area contributed by atoms with Gasteiger partial charge in [-0.2, -0.15) is 0 Å². The second kappa shape index (κ2) is 7.44. The molecule has 0 radical (unpaired) electrons. The summed E-state index contributed by atoms with van der Waals surface area (Å²) >= 11 is 0. The summed E-state index contributed by atoms with van der Waals surface area (Å²) in [5.41, 5.74) is 3.79. The summed E-state index contributed by atoms with van der Waals surface area (Å²) in [6.07, 6.45) is 4.53. The van der Waals surface area contributed by atoms with Crippen LogP contribution in [0.4, 0.5) is 0 Å². The summed E-state index contributed by atoms with van der Waals surface area (Å²) in [5.74, 6) is 0.480. The Hall–Kier alpha value is -2.59. The first-order chi connectivity index (χ1) is 13.8. The SMILES string of the molecule is O=C(c1cc2ccccc2o1)N1CCCN(C2CCc3ccccc3C2)CC1. The molecular formula is C24H26N2O2. The molecule has 5 rings (SSSR count). The fourth-order valence-electron chi connectivity index (χ4n) is 4.74. The summed E-state index contributed by atoms with van der Waals surface area (Å²) in [5, 5.41) is 0.989. The maximum absolute atomic E-state index is 13.0. The van der Waals surface area contributed by atoms with E-state index in [2.05, 4.69) is 29.2 Å². The summed E-state index contributed by atoms with van der Waals surface area (Å²) < 4.78 is 5.80. The van der Waals surface area contributed by atoms with Crippen LogP contribution in [0.5, 0.6) is 0 Å². The molecule has 2 aliphatic rings. The Kier molecular flexibility index (Phi) is 4.65. The van der Waals surface area contributed by atoms with E-state index in [1.54, 1.807) is 0 Å². The number of carbonyl (C=O) groups is 1. The fourth-order valence-corrected chi connectivity index (χ4v) is 4.74. The number of hydrogen-bond donors (Lipinski definition) is 0. The molecular weight excluding hydrogens is 348 g/mol. The molecule has 0 bridgehead atoms. The predicted octanol–water partition coefficient (Wildman–Crippen LogP) is 4.14. The molecule has 1 aliphatic heterocycles. The Morgan fingerprint density at radius 3 is 2.64 bits per heavy atom. The minimum atomic E-state index is 0.0204. The van der Waals surface area contributed by atoms with Crippen molar-refractivity contribution in [3.05, 3.63) is 71.5 Å². The molecule has 2 heterocycles. The van der Waals surface area contributed by atoms with Gasteiger partial charge in [0, 0.05) is 37.6 Å². The highest BCUT2D eigenvalue weighted by molar-refractivity contribution is 5.96. The standard InChI is InChI=1S/C24H26N2O2/c27-24(23-17-20-8-3-4-9-22(20)28-23)26-13-5-12-25(14-15-26)21-11-10-18-6-1-2-7-19(18)16-21/h1-4,6-9,17,21H,5,10-16H2. The molecule has 1 fully saturated rings. The second-order valence-corrected chi connectivity index (χ2v) is 8.00. The van der Waals surface area contributed by atoms with Gasteiger partial charge in [0.25, 0.3) is 5.91 Å². The molecule has 1 saturated heterocycles. The van der Waals surface area contributed by atoms with Gasteiger partial charge in [-0.05, 0) is 48.9 Å². The van der Waals surface area contributed by atoms with Gasteiger partial charge >= 0.3 is 0 Å². The van der Waals surface area contributed by atoms with Gasteiger partial charge in [0.1, 0.15) is 5.58 Å². The van der Waals surface area contributed by atoms with Crippen molar-refractivity contribution in [2.75, 3.05) is 26.2 Å². The van der Waals surface area contributed by atoms with Crippen molar-refractivity contribution in [2.45, 2.75) is 31.7 Å². The van der Waals surface area contributed by atoms with Gasteiger partial charge in [0.05, 0.1) is 0 Å². The highest BCUT2D eigenvalue weighted by Gasteiger charge is 2.28. The number of rotatable bonds is 2. The first-order valence-electron chi connectivity index (χ1n) is 10.4. The third-order valence-electron chi connectivity index (χ3n) is 6.29. The van der Waals surface area contributed by atoms with E-state index in [0.29, 0.717) is 11.8 Å². The topological polar surface area (TPSA) is 36.7 Å². The normalized spacial score (nSPS) is 20.7. The van der Waals surface area contributed by atoms with Gasteiger partial charge < -0.3 is 9.32 Å². The minimum absolute atomic E-state index is 0.0204. The Morgan fingerprint density at radius 1 is 0.929 bits per heavy atom. The van der Waals surface area contributed by atoms with E-state index < -0.39 is 0 Å². The lowest BCUT2D eigenvalue weighted by atomic mass is 9.87. The molecule has 1 aromatic heterocycles. The van der Waals surface area contributed by atoms with E-state index in [0.717, 1.165) is 50.0 Å². The van der Waals surface area contributed by atoms with E-state index >= 15 is 0 Å². The first-order valence-corrected chi connectivity index (χ1v) is 10.4. The van der Waals surface area contributed by atoms with Crippen LogP contribution in [0, 0.1) is 0 Å². The number of aryl methyl sites for hydroxylation is 1. The van der Waals surface area contributed by atoms with Gasteiger partial charge in [-0.15, -0.1) is 0 Å². The van der Waals surface area contributed by atoms with Crippen LogP contribution in [0.1, 0.15) is 34.5 Å². The Labute approximate surface area is 165 Å². The Balaban J connectivity index is 1.26. The summed E-state index contributed by atoms with van der Waals surface area (Å²) in [7, 11) is 0. The quantitative estimate of drug-likeness (QED) is 0.676. The zero-order valence-corrected chi connectivity index (χ0v) is 16.1. The van der Waals surface area contributed by atoms with Crippen LogP contribution in [0.2, 0.25) is 0 Å². The van der Waals surface area contributed by atoms with E-state index in [4.69, 9.17) is 4.42 Å². The average Bonchev–Trinajstić information content (AvgIpc) is 3.02. The molecule has 28 heavy (non-hydrogen) atoms. The van der Waals surface area contributed by atoms with Crippen molar-refractivity contribution in [3.8, 4) is 0 Å². The van der Waals surface area contributed by atoms with E-state index in [9.17, 15) is 4.79 Å². The highest BCUT2D eigenvalue weighted by atomic mass is 16.3. The van der Waals surface area contributed by atoms with Crippen molar-refractivity contribution in [1.29, 1.82) is 0 Å². The number of hydrogen-bond acceptors (Lipinski definition) is 3. The van der Waals surface area contributed by atoms with Crippen LogP contribution in [-0.4, -0.2) is 47.9 Å². The van der Waals surface area contributed by atoms with E-state index in [1.165, 1.54) is 24.0 Å². The van der Waals surface area contributed by atoms with Crippen molar-refractivity contribution >= 4 is 16.9 Å². The van der Waals surface area contributed by atoms with E-state index in [-0.39, 0.29) is 5.91 Å². The van der Waals surface area contributed by atoms with Crippen LogP contribution in [-0.2, 0) is 12.8 Å². The fraction of sp³-hybridized carbons (Fsp3) is 0.375. The zero-order chi connectivity index (χ0) is 18.9. The molecule has 0 N–H and O–H groups in total. The van der Waals surface area contributed by atoms with Gasteiger partial charge in [0.2, 0.25) is 0 Å². The smallest absolute Gasteiger partial charge is 0.289 e. The van der Waals surface area contributed by atoms with Crippen molar-refractivity contribution in [1.82, 2.24) is 9.80 Å². The van der Waals surface area contributed by atoms with Crippen molar-refractivity contribution in [2.24, 2.45) is 0 Å². The van der Waals surface area contributed by atoms with Gasteiger partial charge in [-0.3, -0.25) is 9.69 Å².